The summed E-state index contributed by atoms with van der Waals surface area (Å²) in [5.41, 5.74) is 1.25. The predicted molar refractivity (Wildman–Crippen MR) is 109 cm³/mol. The van der Waals surface area contributed by atoms with Gasteiger partial charge in [0.1, 0.15) is 6.54 Å². The van der Waals surface area contributed by atoms with Gasteiger partial charge in [-0.25, -0.2) is 0 Å². The van der Waals surface area contributed by atoms with Gasteiger partial charge in [0.2, 0.25) is 0 Å². The first-order chi connectivity index (χ1) is 14.0. The van der Waals surface area contributed by atoms with Crippen LogP contribution in [0.2, 0.25) is 0 Å². The number of hydrogen-bond acceptors (Lipinski definition) is 7. The number of Topliss-reactive ketones (excluding diaryl/α,β-unsaturated/α-hetero) is 1. The fourth-order valence-corrected chi connectivity index (χ4v) is 3.39. The minimum atomic E-state index is -0.148. The lowest BCUT2D eigenvalue weighted by atomic mass is 10.1. The van der Waals surface area contributed by atoms with Gasteiger partial charge in [-0.3, -0.25) is 9.59 Å². The van der Waals surface area contributed by atoms with Crippen molar-refractivity contribution in [3.05, 3.63) is 53.2 Å². The number of benzene rings is 1. The summed E-state index contributed by atoms with van der Waals surface area (Å²) in [6, 6.07) is 10.7. The van der Waals surface area contributed by atoms with Gasteiger partial charge < -0.3 is 19.4 Å². The smallest absolute Gasteiger partial charge is 0.279 e. The van der Waals surface area contributed by atoms with Crippen LogP contribution in [-0.2, 0) is 16.1 Å². The lowest BCUT2D eigenvalue weighted by Gasteiger charge is -2.17. The second-order valence-corrected chi connectivity index (χ2v) is 7.45. The number of carbonyl (C=O) groups is 2. The summed E-state index contributed by atoms with van der Waals surface area (Å²) >= 11 is 1.53. The summed E-state index contributed by atoms with van der Waals surface area (Å²) in [7, 11) is 1.62. The number of nitrogens with one attached hydrogen (secondary N) is 2. The number of thiophene rings is 1. The molecule has 152 valence electrons. The Balaban J connectivity index is 1.60. The van der Waals surface area contributed by atoms with Crippen LogP contribution in [0.15, 0.2) is 46.2 Å². The van der Waals surface area contributed by atoms with Crippen LogP contribution < -0.4 is 10.2 Å². The van der Waals surface area contributed by atoms with Crippen LogP contribution in [-0.4, -0.2) is 48.7 Å². The molecule has 3 aromatic rings. The molecule has 9 heteroatoms. The molecule has 1 aromatic carbocycles. The molecule has 0 bridgehead atoms. The van der Waals surface area contributed by atoms with E-state index in [4.69, 9.17) is 9.15 Å². The van der Waals surface area contributed by atoms with Gasteiger partial charge in [0.05, 0.1) is 11.5 Å². The van der Waals surface area contributed by atoms with Gasteiger partial charge in [-0.15, -0.1) is 21.5 Å². The Kier molecular flexibility index (Phi) is 7.23. The number of nitrogens with zero attached hydrogens (tertiary/aromatic N) is 2. The van der Waals surface area contributed by atoms with E-state index in [2.05, 4.69) is 15.5 Å². The maximum Gasteiger partial charge on any atom is 0.279 e. The SMILES string of the molecule is COCC[NH+](CC(=O)Nc1ccc(C(C)=O)cc1)Cc1nnc(-c2cccs2)o1. The topological polar surface area (TPSA) is 98.8 Å². The minimum Gasteiger partial charge on any atom is -0.414 e. The van der Waals surface area contributed by atoms with Crippen molar-refractivity contribution < 1.29 is 23.6 Å². The Bertz CT molecular complexity index is 938. The van der Waals surface area contributed by atoms with E-state index in [1.165, 1.54) is 18.3 Å². The van der Waals surface area contributed by atoms with Gasteiger partial charge in [-0.1, -0.05) is 6.07 Å². The van der Waals surface area contributed by atoms with E-state index in [-0.39, 0.29) is 18.2 Å². The third-order valence-electron chi connectivity index (χ3n) is 4.25. The van der Waals surface area contributed by atoms with E-state index >= 15 is 0 Å². The highest BCUT2D eigenvalue weighted by Gasteiger charge is 2.19. The zero-order valence-corrected chi connectivity index (χ0v) is 17.1. The molecular weight excluding hydrogens is 392 g/mol. The van der Waals surface area contributed by atoms with Gasteiger partial charge in [0.15, 0.2) is 18.9 Å². The fourth-order valence-electron chi connectivity index (χ4n) is 2.74. The molecule has 1 amide bonds. The molecular formula is C20H23N4O4S+. The first-order valence-corrected chi connectivity index (χ1v) is 10.0. The molecule has 0 aliphatic heterocycles. The highest BCUT2D eigenvalue weighted by atomic mass is 32.1. The molecule has 0 spiro atoms. The monoisotopic (exact) mass is 415 g/mol. The maximum atomic E-state index is 12.5. The van der Waals surface area contributed by atoms with E-state index in [1.54, 1.807) is 31.4 Å². The summed E-state index contributed by atoms with van der Waals surface area (Å²) in [4.78, 5) is 25.7. The number of rotatable bonds is 10. The number of hydrogen-bond donors (Lipinski definition) is 2. The second kappa shape index (κ2) is 10.1. The number of ether oxygens (including phenoxy) is 1. The van der Waals surface area contributed by atoms with Gasteiger partial charge in [-0.2, -0.15) is 0 Å². The lowest BCUT2D eigenvalue weighted by molar-refractivity contribution is -0.907. The fraction of sp³-hybridized carbons (Fsp3) is 0.300. The Morgan fingerprint density at radius 3 is 2.66 bits per heavy atom. The standard InChI is InChI=1S/C20H22N4O4S/c1-14(25)15-5-7-16(8-6-15)21-18(26)12-24(9-10-27-2)13-19-22-23-20(28-19)17-4-3-11-29-17/h3-8,11H,9-10,12-13H2,1-2H3,(H,21,26)/p+1. The van der Waals surface area contributed by atoms with Crippen LogP contribution in [0.5, 0.6) is 0 Å². The first-order valence-electron chi connectivity index (χ1n) is 9.14. The highest BCUT2D eigenvalue weighted by Crippen LogP contribution is 2.22. The maximum absolute atomic E-state index is 12.5. The molecule has 29 heavy (non-hydrogen) atoms. The van der Waals surface area contributed by atoms with Crippen molar-refractivity contribution in [1.29, 1.82) is 0 Å². The molecule has 0 radical (unpaired) electrons. The van der Waals surface area contributed by atoms with E-state index in [9.17, 15) is 9.59 Å². The molecule has 2 aromatic heterocycles. The van der Waals surface area contributed by atoms with Crippen molar-refractivity contribution in [1.82, 2.24) is 10.2 Å². The number of ketones is 1. The van der Waals surface area contributed by atoms with E-state index in [1.807, 2.05) is 17.5 Å². The van der Waals surface area contributed by atoms with Crippen molar-refractivity contribution in [3.8, 4) is 10.8 Å². The van der Waals surface area contributed by atoms with Crippen molar-refractivity contribution in [2.75, 3.05) is 32.1 Å². The summed E-state index contributed by atoms with van der Waals surface area (Å²) in [5.74, 6) is 0.790. The zero-order chi connectivity index (χ0) is 20.6. The van der Waals surface area contributed by atoms with Crippen LogP contribution in [0.1, 0.15) is 23.2 Å². The van der Waals surface area contributed by atoms with Crippen molar-refractivity contribution in [2.45, 2.75) is 13.5 Å². The third kappa shape index (κ3) is 6.05. The summed E-state index contributed by atoms with van der Waals surface area (Å²) < 4.78 is 10.9. The number of methoxy groups -OCH3 is 1. The highest BCUT2D eigenvalue weighted by molar-refractivity contribution is 7.13. The van der Waals surface area contributed by atoms with Gasteiger partial charge in [-0.05, 0) is 42.6 Å². The molecule has 8 nitrogen and oxygen atoms in total. The molecule has 3 rings (SSSR count). The molecule has 0 fully saturated rings. The Morgan fingerprint density at radius 2 is 2.00 bits per heavy atom. The summed E-state index contributed by atoms with van der Waals surface area (Å²) in [6.45, 7) is 3.25. The largest absolute Gasteiger partial charge is 0.414 e. The Labute approximate surface area is 172 Å². The van der Waals surface area contributed by atoms with E-state index in [0.29, 0.717) is 42.7 Å². The Hall–Kier alpha value is -2.88. The molecule has 0 saturated carbocycles. The van der Waals surface area contributed by atoms with Crippen molar-refractivity contribution in [3.63, 3.8) is 0 Å². The Morgan fingerprint density at radius 1 is 1.21 bits per heavy atom. The van der Waals surface area contributed by atoms with Crippen molar-refractivity contribution in [2.24, 2.45) is 0 Å². The summed E-state index contributed by atoms with van der Waals surface area (Å²) in [6.07, 6.45) is 0. The molecule has 0 aliphatic rings. The van der Waals surface area contributed by atoms with Gasteiger partial charge in [0, 0.05) is 18.4 Å². The van der Waals surface area contributed by atoms with Crippen LogP contribution in [0, 0.1) is 0 Å². The minimum absolute atomic E-state index is 0.0143. The molecule has 2 N–H and O–H groups in total. The molecule has 2 heterocycles. The zero-order valence-electron chi connectivity index (χ0n) is 16.3. The van der Waals surface area contributed by atoms with E-state index < -0.39 is 0 Å². The van der Waals surface area contributed by atoms with Crippen LogP contribution in [0.3, 0.4) is 0 Å². The lowest BCUT2D eigenvalue weighted by Crippen LogP contribution is -3.12. The number of aromatic nitrogens is 2. The number of carbonyl (C=O) groups excluding carboxylic acids is 2. The quantitative estimate of drug-likeness (QED) is 0.489. The third-order valence-corrected chi connectivity index (χ3v) is 5.10. The van der Waals surface area contributed by atoms with Crippen LogP contribution >= 0.6 is 11.3 Å². The second-order valence-electron chi connectivity index (χ2n) is 6.51. The van der Waals surface area contributed by atoms with Crippen molar-refractivity contribution >= 4 is 28.7 Å². The number of quaternary nitrogens is 1. The number of amides is 1. The molecule has 0 saturated heterocycles. The van der Waals surface area contributed by atoms with E-state index in [0.717, 1.165) is 9.78 Å². The number of anilines is 1. The van der Waals surface area contributed by atoms with Gasteiger partial charge >= 0.3 is 0 Å². The normalized spacial score (nSPS) is 11.9. The average molecular weight is 415 g/mol. The molecule has 0 aliphatic carbocycles. The van der Waals surface area contributed by atoms with Crippen LogP contribution in [0.4, 0.5) is 5.69 Å². The first kappa shape index (κ1) is 20.8. The van der Waals surface area contributed by atoms with Gasteiger partial charge in [0.25, 0.3) is 17.7 Å². The summed E-state index contributed by atoms with van der Waals surface area (Å²) in [5, 5.41) is 13.0. The van der Waals surface area contributed by atoms with Crippen LogP contribution in [0.25, 0.3) is 10.8 Å². The average Bonchev–Trinajstić information content (AvgIpc) is 3.38. The molecule has 1 unspecified atom stereocenters. The molecule has 1 atom stereocenters. The predicted octanol–water partition coefficient (Wildman–Crippen LogP) is 1.67.